The van der Waals surface area contributed by atoms with Gasteiger partial charge in [0.05, 0.1) is 5.02 Å². The molecule has 1 aliphatic rings. The largest absolute Gasteiger partial charge is 0.350 e. The third kappa shape index (κ3) is 2.09. The molecule has 1 saturated carbocycles. The molecule has 0 saturated heterocycles. The highest BCUT2D eigenvalue weighted by molar-refractivity contribution is 6.30. The van der Waals surface area contributed by atoms with Crippen molar-refractivity contribution in [3.63, 3.8) is 0 Å². The Morgan fingerprint density at radius 1 is 1.41 bits per heavy atom. The van der Waals surface area contributed by atoms with Crippen molar-refractivity contribution >= 4 is 23.2 Å². The molecule has 0 spiro atoms. The summed E-state index contributed by atoms with van der Waals surface area (Å²) in [5.41, 5.74) is 0.822. The van der Waals surface area contributed by atoms with E-state index < -0.39 is 0 Å². The van der Waals surface area contributed by atoms with Crippen molar-refractivity contribution in [1.82, 2.24) is 14.6 Å². The van der Waals surface area contributed by atoms with E-state index >= 15 is 0 Å². The second-order valence-corrected chi connectivity index (χ2v) is 5.18. The van der Waals surface area contributed by atoms with E-state index in [1.165, 1.54) is 19.3 Å². The van der Waals surface area contributed by atoms with E-state index in [0.29, 0.717) is 22.9 Å². The van der Waals surface area contributed by atoms with Gasteiger partial charge in [0.15, 0.2) is 5.65 Å². The number of hydrogen-bond acceptors (Lipinski definition) is 3. The fourth-order valence-corrected chi connectivity index (χ4v) is 2.60. The summed E-state index contributed by atoms with van der Waals surface area (Å²) in [6.45, 7) is 2.28. The van der Waals surface area contributed by atoms with Crippen molar-refractivity contribution in [3.8, 4) is 0 Å². The monoisotopic (exact) mass is 250 g/mol. The molecule has 3 rings (SSSR count). The van der Waals surface area contributed by atoms with Crippen LogP contribution in [0.2, 0.25) is 5.02 Å². The average molecular weight is 251 g/mol. The van der Waals surface area contributed by atoms with Crippen LogP contribution >= 0.6 is 11.6 Å². The van der Waals surface area contributed by atoms with Crippen LogP contribution in [0.15, 0.2) is 18.3 Å². The van der Waals surface area contributed by atoms with E-state index in [9.17, 15) is 0 Å². The lowest BCUT2D eigenvalue weighted by atomic mass is 10.1. The summed E-state index contributed by atoms with van der Waals surface area (Å²) in [5.74, 6) is 1.40. The minimum absolute atomic E-state index is 0.503. The van der Waals surface area contributed by atoms with E-state index in [0.717, 1.165) is 5.65 Å². The first kappa shape index (κ1) is 10.8. The smallest absolute Gasteiger partial charge is 0.243 e. The van der Waals surface area contributed by atoms with Crippen LogP contribution in [0.5, 0.6) is 0 Å². The summed E-state index contributed by atoms with van der Waals surface area (Å²) in [7, 11) is 0. The molecule has 1 N–H and O–H groups in total. The zero-order valence-electron chi connectivity index (χ0n) is 9.73. The van der Waals surface area contributed by atoms with Crippen molar-refractivity contribution < 1.29 is 0 Å². The van der Waals surface area contributed by atoms with Crippen molar-refractivity contribution in [1.29, 1.82) is 0 Å². The quantitative estimate of drug-likeness (QED) is 0.891. The molecule has 0 aromatic carbocycles. The van der Waals surface area contributed by atoms with Crippen LogP contribution in [0.25, 0.3) is 5.65 Å². The number of fused-ring (bicyclic) bond motifs is 1. The summed E-state index contributed by atoms with van der Waals surface area (Å²) in [6.07, 6.45) is 5.56. The maximum absolute atomic E-state index is 5.91. The van der Waals surface area contributed by atoms with Crippen molar-refractivity contribution in [2.75, 3.05) is 5.32 Å². The normalized spacial score (nSPS) is 24.4. The van der Waals surface area contributed by atoms with Crippen molar-refractivity contribution in [2.45, 2.75) is 32.2 Å². The van der Waals surface area contributed by atoms with Crippen molar-refractivity contribution in [2.24, 2.45) is 5.92 Å². The average Bonchev–Trinajstić information content (AvgIpc) is 2.85. The molecule has 5 heteroatoms. The molecule has 17 heavy (non-hydrogen) atoms. The highest BCUT2D eigenvalue weighted by atomic mass is 35.5. The summed E-state index contributed by atoms with van der Waals surface area (Å²) < 4.78 is 1.71. The highest BCUT2D eigenvalue weighted by Crippen LogP contribution is 2.27. The van der Waals surface area contributed by atoms with Crippen LogP contribution in [-0.2, 0) is 0 Å². The molecule has 0 aliphatic heterocycles. The molecule has 0 amide bonds. The second-order valence-electron chi connectivity index (χ2n) is 4.74. The zero-order chi connectivity index (χ0) is 11.8. The third-order valence-electron chi connectivity index (χ3n) is 3.47. The van der Waals surface area contributed by atoms with E-state index in [-0.39, 0.29) is 0 Å². The first-order valence-electron chi connectivity index (χ1n) is 6.01. The second kappa shape index (κ2) is 4.18. The van der Waals surface area contributed by atoms with Gasteiger partial charge in [-0.25, -0.2) is 4.52 Å². The summed E-state index contributed by atoms with van der Waals surface area (Å²) in [5, 5.41) is 8.46. The van der Waals surface area contributed by atoms with Crippen LogP contribution in [0, 0.1) is 5.92 Å². The van der Waals surface area contributed by atoms with Crippen LogP contribution in [0.1, 0.15) is 26.2 Å². The van der Waals surface area contributed by atoms with Gasteiger partial charge in [0.2, 0.25) is 5.95 Å². The lowest BCUT2D eigenvalue weighted by molar-refractivity contribution is 0.553. The van der Waals surface area contributed by atoms with E-state index in [1.54, 1.807) is 10.7 Å². The van der Waals surface area contributed by atoms with E-state index in [1.807, 2.05) is 12.1 Å². The van der Waals surface area contributed by atoms with E-state index in [4.69, 9.17) is 11.6 Å². The molecule has 2 aromatic heterocycles. The van der Waals surface area contributed by atoms with Crippen molar-refractivity contribution in [3.05, 3.63) is 23.4 Å². The third-order valence-corrected chi connectivity index (χ3v) is 3.69. The van der Waals surface area contributed by atoms with Crippen LogP contribution in [0.4, 0.5) is 5.95 Å². The van der Waals surface area contributed by atoms with Gasteiger partial charge in [-0.1, -0.05) is 24.9 Å². The SMILES string of the molecule is CC1CCCC1Nc1nc2ccc(Cl)cn2n1. The number of pyridine rings is 1. The van der Waals surface area contributed by atoms with Gasteiger partial charge in [-0.05, 0) is 30.9 Å². The molecule has 2 heterocycles. The standard InChI is InChI=1S/C12H15ClN4/c1-8-3-2-4-10(8)14-12-15-11-6-5-9(13)7-17(11)16-12/h5-8,10H,2-4H2,1H3,(H,14,16). The number of aromatic nitrogens is 3. The Morgan fingerprint density at radius 3 is 3.06 bits per heavy atom. The minimum Gasteiger partial charge on any atom is -0.350 e. The topological polar surface area (TPSA) is 42.2 Å². The fourth-order valence-electron chi connectivity index (χ4n) is 2.44. The molecular formula is C12H15ClN4. The Bertz CT molecular complexity index is 536. The first-order valence-corrected chi connectivity index (χ1v) is 6.38. The van der Waals surface area contributed by atoms with Gasteiger partial charge in [-0.2, -0.15) is 4.98 Å². The number of nitrogens with zero attached hydrogens (tertiary/aromatic N) is 3. The van der Waals surface area contributed by atoms with Crippen LogP contribution in [-0.4, -0.2) is 20.6 Å². The summed E-state index contributed by atoms with van der Waals surface area (Å²) in [6, 6.07) is 4.20. The highest BCUT2D eigenvalue weighted by Gasteiger charge is 2.24. The lowest BCUT2D eigenvalue weighted by Gasteiger charge is -2.15. The molecule has 0 bridgehead atoms. The maximum Gasteiger partial charge on any atom is 0.243 e. The number of nitrogens with one attached hydrogen (secondary N) is 1. The minimum atomic E-state index is 0.503. The predicted molar refractivity (Wildman–Crippen MR) is 68.4 cm³/mol. The Hall–Kier alpha value is -1.29. The Morgan fingerprint density at radius 2 is 2.29 bits per heavy atom. The van der Waals surface area contributed by atoms with Crippen LogP contribution < -0.4 is 5.32 Å². The first-order chi connectivity index (χ1) is 8.22. The van der Waals surface area contributed by atoms with E-state index in [2.05, 4.69) is 22.3 Å². The molecular weight excluding hydrogens is 236 g/mol. The Labute approximate surface area is 105 Å². The Balaban J connectivity index is 1.85. The van der Waals surface area contributed by atoms with Crippen LogP contribution in [0.3, 0.4) is 0 Å². The van der Waals surface area contributed by atoms with Gasteiger partial charge in [-0.3, -0.25) is 0 Å². The number of hydrogen-bond donors (Lipinski definition) is 1. The number of halogens is 1. The molecule has 2 aromatic rings. The van der Waals surface area contributed by atoms with Gasteiger partial charge >= 0.3 is 0 Å². The molecule has 1 aliphatic carbocycles. The molecule has 1 fully saturated rings. The number of rotatable bonds is 2. The van der Waals surface area contributed by atoms with Gasteiger partial charge < -0.3 is 5.32 Å². The fraction of sp³-hybridized carbons (Fsp3) is 0.500. The van der Waals surface area contributed by atoms with Gasteiger partial charge in [-0.15, -0.1) is 5.10 Å². The molecule has 0 radical (unpaired) electrons. The zero-order valence-corrected chi connectivity index (χ0v) is 10.5. The molecule has 2 unspecified atom stereocenters. The summed E-state index contributed by atoms with van der Waals surface area (Å²) in [4.78, 5) is 4.43. The van der Waals surface area contributed by atoms with Gasteiger partial charge in [0, 0.05) is 12.2 Å². The predicted octanol–water partition coefficient (Wildman–Crippen LogP) is 2.98. The lowest BCUT2D eigenvalue weighted by Crippen LogP contribution is -2.22. The Kier molecular flexibility index (Phi) is 2.67. The summed E-state index contributed by atoms with van der Waals surface area (Å²) >= 11 is 5.91. The molecule has 4 nitrogen and oxygen atoms in total. The van der Waals surface area contributed by atoms with Gasteiger partial charge in [0.1, 0.15) is 0 Å². The molecule has 90 valence electrons. The van der Waals surface area contributed by atoms with Gasteiger partial charge in [0.25, 0.3) is 0 Å². The maximum atomic E-state index is 5.91. The molecule has 2 atom stereocenters. The number of anilines is 1.